The van der Waals surface area contributed by atoms with E-state index in [1.54, 1.807) is 12.1 Å². The fraction of sp³-hybridized carbons (Fsp3) is 0.308. The van der Waals surface area contributed by atoms with Gasteiger partial charge in [-0.15, -0.1) is 0 Å². The van der Waals surface area contributed by atoms with Crippen molar-refractivity contribution in [2.75, 3.05) is 11.6 Å². The number of fused-ring (bicyclic) bond motifs is 1. The Bertz CT molecular complexity index is 781. The van der Waals surface area contributed by atoms with Gasteiger partial charge in [0.25, 0.3) is 0 Å². The lowest BCUT2D eigenvalue weighted by atomic mass is 10.2. The summed E-state index contributed by atoms with van der Waals surface area (Å²) in [5.74, 6) is 0.531. The molecule has 2 aromatic rings. The second kappa shape index (κ2) is 5.43. The van der Waals surface area contributed by atoms with Crippen molar-refractivity contribution in [3.8, 4) is 6.07 Å². The Kier molecular flexibility index (Phi) is 3.86. The fourth-order valence-electron chi connectivity index (χ4n) is 1.80. The fourth-order valence-corrected chi connectivity index (χ4v) is 2.45. The van der Waals surface area contributed by atoms with Gasteiger partial charge in [-0.25, -0.2) is 18.4 Å². The molecule has 0 saturated carbocycles. The minimum Gasteiger partial charge on any atom is -0.366 e. The summed E-state index contributed by atoms with van der Waals surface area (Å²) in [5, 5.41) is 12.4. The molecule has 0 saturated heterocycles. The molecule has 0 aliphatic carbocycles. The molecule has 0 radical (unpaired) electrons. The van der Waals surface area contributed by atoms with Crippen LogP contribution in [0.5, 0.6) is 0 Å². The number of aromatic nitrogens is 2. The van der Waals surface area contributed by atoms with Gasteiger partial charge in [-0.2, -0.15) is 5.26 Å². The molecule has 1 aromatic heterocycles. The molecule has 6 nitrogen and oxygen atoms in total. The lowest BCUT2D eigenvalue weighted by Crippen LogP contribution is -2.15. The number of hydrogen-bond donors (Lipinski definition) is 1. The number of sulfone groups is 1. The molecular formula is C13H14N4O2S. The van der Waals surface area contributed by atoms with Gasteiger partial charge in [-0.3, -0.25) is 0 Å². The Balaban J connectivity index is 2.52. The van der Waals surface area contributed by atoms with Gasteiger partial charge in [0.2, 0.25) is 0 Å². The lowest BCUT2D eigenvalue weighted by molar-refractivity contribution is 0.602. The van der Waals surface area contributed by atoms with Crippen LogP contribution in [0.3, 0.4) is 0 Å². The van der Waals surface area contributed by atoms with E-state index in [-0.39, 0.29) is 10.9 Å². The van der Waals surface area contributed by atoms with Crippen molar-refractivity contribution in [1.82, 2.24) is 9.97 Å². The third-order valence-corrected chi connectivity index (χ3v) is 3.93. The minimum absolute atomic E-state index is 0.0833. The van der Waals surface area contributed by atoms with Crippen LogP contribution in [-0.4, -0.2) is 30.7 Å². The second-order valence-electron chi connectivity index (χ2n) is 4.58. The van der Waals surface area contributed by atoms with Gasteiger partial charge in [0.05, 0.1) is 22.9 Å². The smallest absolute Gasteiger partial charge is 0.175 e. The highest BCUT2D eigenvalue weighted by molar-refractivity contribution is 7.90. The highest BCUT2D eigenvalue weighted by Crippen LogP contribution is 2.23. The number of anilines is 1. The first-order valence-electron chi connectivity index (χ1n) is 6.00. The van der Waals surface area contributed by atoms with Crippen LogP contribution >= 0.6 is 0 Å². The highest BCUT2D eigenvalue weighted by atomic mass is 32.2. The van der Waals surface area contributed by atoms with E-state index in [0.717, 1.165) is 6.26 Å². The van der Waals surface area contributed by atoms with Crippen LogP contribution in [0, 0.1) is 11.3 Å². The Morgan fingerprint density at radius 2 is 2.15 bits per heavy atom. The second-order valence-corrected chi connectivity index (χ2v) is 6.60. The molecule has 1 unspecified atom stereocenters. The SMILES string of the molecule is CC(CC#N)Nc1ncnc2ccc(S(C)(=O)=O)cc12. The summed E-state index contributed by atoms with van der Waals surface area (Å²) in [4.78, 5) is 8.45. The Morgan fingerprint density at radius 1 is 1.40 bits per heavy atom. The van der Waals surface area contributed by atoms with Crippen molar-refractivity contribution in [3.63, 3.8) is 0 Å². The van der Waals surface area contributed by atoms with Crippen molar-refractivity contribution < 1.29 is 8.42 Å². The molecule has 0 aliphatic rings. The molecule has 7 heteroatoms. The summed E-state index contributed by atoms with van der Waals surface area (Å²) in [5.41, 5.74) is 0.652. The van der Waals surface area contributed by atoms with Gasteiger partial charge < -0.3 is 5.32 Å². The summed E-state index contributed by atoms with van der Waals surface area (Å²) in [7, 11) is -3.29. The van der Waals surface area contributed by atoms with E-state index in [1.807, 2.05) is 6.92 Å². The predicted octanol–water partition coefficient (Wildman–Crippen LogP) is 1.75. The Hall–Kier alpha value is -2.20. The quantitative estimate of drug-likeness (QED) is 0.921. The van der Waals surface area contributed by atoms with Crippen LogP contribution in [0.2, 0.25) is 0 Å². The third-order valence-electron chi connectivity index (χ3n) is 2.82. The molecule has 0 amide bonds. The lowest BCUT2D eigenvalue weighted by Gasteiger charge is -2.13. The maximum absolute atomic E-state index is 11.6. The Morgan fingerprint density at radius 3 is 2.80 bits per heavy atom. The molecule has 1 aromatic carbocycles. The molecule has 2 rings (SSSR count). The molecule has 1 N–H and O–H groups in total. The van der Waals surface area contributed by atoms with Crippen LogP contribution in [0.25, 0.3) is 10.9 Å². The van der Waals surface area contributed by atoms with E-state index in [9.17, 15) is 8.42 Å². The molecule has 0 spiro atoms. The van der Waals surface area contributed by atoms with Crippen LogP contribution in [0.1, 0.15) is 13.3 Å². The molecule has 1 heterocycles. The normalized spacial score (nSPS) is 12.8. The zero-order chi connectivity index (χ0) is 14.8. The van der Waals surface area contributed by atoms with Crippen molar-refractivity contribution >= 4 is 26.6 Å². The third kappa shape index (κ3) is 3.03. The van der Waals surface area contributed by atoms with Crippen LogP contribution in [-0.2, 0) is 9.84 Å². The average Bonchev–Trinajstić information content (AvgIpc) is 2.38. The molecule has 20 heavy (non-hydrogen) atoms. The summed E-state index contributed by atoms with van der Waals surface area (Å²) in [6.07, 6.45) is 2.89. The van der Waals surface area contributed by atoms with Crippen molar-refractivity contribution in [3.05, 3.63) is 24.5 Å². The molecule has 0 bridgehead atoms. The molecule has 104 valence electrons. The van der Waals surface area contributed by atoms with E-state index in [1.165, 1.54) is 12.4 Å². The van der Waals surface area contributed by atoms with Crippen molar-refractivity contribution in [1.29, 1.82) is 5.26 Å². The topological polar surface area (TPSA) is 95.7 Å². The average molecular weight is 290 g/mol. The molecule has 1 atom stereocenters. The molecular weight excluding hydrogens is 276 g/mol. The first-order chi connectivity index (χ1) is 9.41. The van der Waals surface area contributed by atoms with E-state index >= 15 is 0 Å². The van der Waals surface area contributed by atoms with E-state index in [0.29, 0.717) is 23.1 Å². The van der Waals surface area contributed by atoms with Crippen molar-refractivity contribution in [2.24, 2.45) is 0 Å². The summed E-state index contributed by atoms with van der Waals surface area (Å²) < 4.78 is 23.2. The van der Waals surface area contributed by atoms with Crippen LogP contribution in [0.15, 0.2) is 29.4 Å². The van der Waals surface area contributed by atoms with E-state index in [2.05, 4.69) is 21.4 Å². The van der Waals surface area contributed by atoms with Crippen LogP contribution in [0.4, 0.5) is 5.82 Å². The Labute approximate surface area is 117 Å². The maximum atomic E-state index is 11.6. The predicted molar refractivity (Wildman–Crippen MR) is 76.0 cm³/mol. The number of nitrogens with one attached hydrogen (secondary N) is 1. The standard InChI is InChI=1S/C13H14N4O2S/c1-9(5-6-14)17-13-11-7-10(20(2,18)19)3-4-12(11)15-8-16-13/h3-4,7-9H,5H2,1-2H3,(H,15,16,17). The number of hydrogen-bond acceptors (Lipinski definition) is 6. The van der Waals surface area contributed by atoms with E-state index < -0.39 is 9.84 Å². The number of nitriles is 1. The molecule has 0 aliphatic heterocycles. The van der Waals surface area contributed by atoms with Gasteiger partial charge >= 0.3 is 0 Å². The summed E-state index contributed by atoms with van der Waals surface area (Å²) in [6, 6.07) is 6.70. The van der Waals surface area contributed by atoms with Gasteiger partial charge in [0.1, 0.15) is 12.1 Å². The van der Waals surface area contributed by atoms with Crippen LogP contribution < -0.4 is 5.32 Å². The van der Waals surface area contributed by atoms with Gasteiger partial charge in [0, 0.05) is 17.7 Å². The van der Waals surface area contributed by atoms with Crippen molar-refractivity contribution in [2.45, 2.75) is 24.3 Å². The zero-order valence-corrected chi connectivity index (χ0v) is 12.0. The first-order valence-corrected chi connectivity index (χ1v) is 7.89. The number of rotatable bonds is 4. The first kappa shape index (κ1) is 14.2. The zero-order valence-electron chi connectivity index (χ0n) is 11.2. The van der Waals surface area contributed by atoms with Gasteiger partial charge in [-0.05, 0) is 25.1 Å². The molecule has 0 fully saturated rings. The number of benzene rings is 1. The monoisotopic (exact) mass is 290 g/mol. The van der Waals surface area contributed by atoms with Gasteiger partial charge in [-0.1, -0.05) is 0 Å². The number of nitrogens with zero attached hydrogens (tertiary/aromatic N) is 3. The highest BCUT2D eigenvalue weighted by Gasteiger charge is 2.12. The minimum atomic E-state index is -3.29. The maximum Gasteiger partial charge on any atom is 0.175 e. The summed E-state index contributed by atoms with van der Waals surface area (Å²) >= 11 is 0. The summed E-state index contributed by atoms with van der Waals surface area (Å²) in [6.45, 7) is 1.86. The van der Waals surface area contributed by atoms with E-state index in [4.69, 9.17) is 5.26 Å². The van der Waals surface area contributed by atoms with Gasteiger partial charge in [0.15, 0.2) is 9.84 Å². The largest absolute Gasteiger partial charge is 0.366 e.